The van der Waals surface area contributed by atoms with Crippen LogP contribution in [0.1, 0.15) is 39.5 Å². The van der Waals surface area contributed by atoms with Crippen molar-refractivity contribution in [3.63, 3.8) is 0 Å². The lowest BCUT2D eigenvalue weighted by Crippen LogP contribution is -2.27. The first kappa shape index (κ1) is 29.8. The van der Waals surface area contributed by atoms with Crippen molar-refractivity contribution in [2.45, 2.75) is 37.2 Å². The monoisotopic (exact) mass is 576 g/mol. The molecule has 0 heterocycles. The van der Waals surface area contributed by atoms with E-state index in [9.17, 15) is 44.1 Å². The largest absolute Gasteiger partial charge is 0.489 e. The van der Waals surface area contributed by atoms with Crippen LogP contribution in [0.3, 0.4) is 0 Å². The summed E-state index contributed by atoms with van der Waals surface area (Å²) in [7, 11) is -4.71. The Morgan fingerprint density at radius 3 is 2.00 bits per heavy atom. The van der Waals surface area contributed by atoms with Crippen LogP contribution >= 0.6 is 0 Å². The van der Waals surface area contributed by atoms with Crippen molar-refractivity contribution >= 4 is 21.7 Å². The van der Waals surface area contributed by atoms with Crippen molar-refractivity contribution < 1.29 is 48.8 Å². The third-order valence-corrected chi connectivity index (χ3v) is 6.74. The van der Waals surface area contributed by atoms with Gasteiger partial charge in [-0.05, 0) is 47.5 Å². The zero-order valence-electron chi connectivity index (χ0n) is 19.9. The second-order valence-electron chi connectivity index (χ2n) is 8.45. The van der Waals surface area contributed by atoms with E-state index in [0.717, 1.165) is 36.4 Å². The molecule has 3 aromatic rings. The summed E-state index contributed by atoms with van der Waals surface area (Å²) in [6, 6.07) is 11.7. The summed E-state index contributed by atoms with van der Waals surface area (Å²) in [5.41, 5.74) is 4.35. The van der Waals surface area contributed by atoms with Gasteiger partial charge in [-0.25, -0.2) is 0 Å². The number of benzene rings is 3. The normalized spacial score (nSPS) is 13.1. The van der Waals surface area contributed by atoms with Crippen LogP contribution in [0.15, 0.2) is 66.7 Å². The summed E-state index contributed by atoms with van der Waals surface area (Å²) in [5.74, 6) is -1.14. The highest BCUT2D eigenvalue weighted by atomic mass is 32.2. The average molecular weight is 577 g/mol. The fourth-order valence-electron chi connectivity index (χ4n) is 3.50. The Morgan fingerprint density at radius 2 is 1.46 bits per heavy atom. The lowest BCUT2D eigenvalue weighted by molar-refractivity contribution is -0.138. The Morgan fingerprint density at radius 1 is 0.897 bits per heavy atom. The Labute approximate surface area is 219 Å². The molecule has 0 saturated heterocycles. The van der Waals surface area contributed by atoms with E-state index in [1.54, 1.807) is 0 Å². The molecule has 0 spiro atoms. The van der Waals surface area contributed by atoms with Gasteiger partial charge >= 0.3 is 12.4 Å². The van der Waals surface area contributed by atoms with Crippen LogP contribution in [0.2, 0.25) is 0 Å². The van der Waals surface area contributed by atoms with E-state index in [1.165, 1.54) is 24.3 Å². The number of halogens is 6. The molecule has 1 amide bonds. The second kappa shape index (κ2) is 11.5. The average Bonchev–Trinajstić information content (AvgIpc) is 2.84. The lowest BCUT2D eigenvalue weighted by atomic mass is 10.1. The van der Waals surface area contributed by atoms with E-state index in [1.807, 2.05) is 0 Å². The van der Waals surface area contributed by atoms with E-state index >= 15 is 0 Å². The highest BCUT2D eigenvalue weighted by molar-refractivity contribution is 7.86. The number of anilines is 1. The molecular formula is C25H22F6N2O5S. The van der Waals surface area contributed by atoms with Gasteiger partial charge in [-0.1, -0.05) is 30.3 Å². The SMILES string of the molecule is Nc1ccc(C(CC(=O)NCc2ccc(C(F)(F)F)cc2OCc2ccc(C(F)(F)F)cc2)S(=O)(=O)O)cc1. The van der Waals surface area contributed by atoms with E-state index in [0.29, 0.717) is 11.8 Å². The summed E-state index contributed by atoms with van der Waals surface area (Å²) >= 11 is 0. The zero-order valence-corrected chi connectivity index (χ0v) is 20.7. The molecule has 0 bridgehead atoms. The molecule has 4 N–H and O–H groups in total. The standard InChI is InChI=1S/C25H22F6N2O5S/c26-24(27,28)18-6-1-15(2-7-18)14-38-21-11-19(25(29,30)31)8-3-17(21)13-33-23(34)12-22(39(35,36)37)16-4-9-20(32)10-5-16/h1-11,22H,12-14,32H2,(H,33,34)(H,35,36,37). The van der Waals surface area contributed by atoms with Crippen molar-refractivity contribution in [3.05, 3.63) is 94.5 Å². The van der Waals surface area contributed by atoms with Crippen molar-refractivity contribution in [3.8, 4) is 5.75 Å². The number of nitrogens with two attached hydrogens (primary N) is 1. The Kier molecular flexibility index (Phi) is 8.80. The molecule has 0 saturated carbocycles. The Balaban J connectivity index is 1.76. The summed E-state index contributed by atoms with van der Waals surface area (Å²) in [5, 5.41) is 0.754. The maximum atomic E-state index is 13.3. The predicted octanol–water partition coefficient (Wildman–Crippen LogP) is 5.52. The Bertz CT molecular complexity index is 1410. The molecule has 14 heteroatoms. The number of carbonyl (C=O) groups excluding carboxylic acids is 1. The number of ether oxygens (including phenoxy) is 1. The van der Waals surface area contributed by atoms with E-state index in [-0.39, 0.29) is 35.6 Å². The third-order valence-electron chi connectivity index (χ3n) is 5.58. The highest BCUT2D eigenvalue weighted by Gasteiger charge is 2.32. The maximum Gasteiger partial charge on any atom is 0.416 e. The molecule has 210 valence electrons. The number of alkyl halides is 6. The molecule has 0 aliphatic heterocycles. The van der Waals surface area contributed by atoms with Gasteiger partial charge in [0.2, 0.25) is 5.91 Å². The molecule has 0 aliphatic carbocycles. The minimum absolute atomic E-state index is 0.0825. The van der Waals surface area contributed by atoms with E-state index < -0.39 is 51.2 Å². The number of hydrogen-bond acceptors (Lipinski definition) is 5. The maximum absolute atomic E-state index is 13.3. The second-order valence-corrected chi connectivity index (χ2v) is 10.1. The molecule has 0 radical (unpaired) electrons. The van der Waals surface area contributed by atoms with Gasteiger partial charge in [-0.15, -0.1) is 0 Å². The molecular weight excluding hydrogens is 554 g/mol. The molecule has 3 aromatic carbocycles. The summed E-state index contributed by atoms with van der Waals surface area (Å²) in [6.45, 7) is -0.748. The number of hydrogen-bond donors (Lipinski definition) is 3. The van der Waals surface area contributed by atoms with Crippen LogP contribution in [0.5, 0.6) is 5.75 Å². The van der Waals surface area contributed by atoms with Gasteiger partial charge in [-0.2, -0.15) is 34.8 Å². The van der Waals surface area contributed by atoms with Gasteiger partial charge in [0.25, 0.3) is 10.1 Å². The van der Waals surface area contributed by atoms with Crippen molar-refractivity contribution in [2.75, 3.05) is 5.73 Å². The molecule has 0 aliphatic rings. The van der Waals surface area contributed by atoms with Gasteiger partial charge in [-0.3, -0.25) is 9.35 Å². The minimum atomic E-state index is -4.73. The molecule has 0 fully saturated rings. The lowest BCUT2D eigenvalue weighted by Gasteiger charge is -2.17. The molecule has 39 heavy (non-hydrogen) atoms. The third kappa shape index (κ3) is 8.35. The van der Waals surface area contributed by atoms with Crippen molar-refractivity contribution in [1.29, 1.82) is 0 Å². The molecule has 0 aromatic heterocycles. The van der Waals surface area contributed by atoms with E-state index in [4.69, 9.17) is 10.5 Å². The summed E-state index contributed by atoms with van der Waals surface area (Å²) < 4.78 is 117. The Hall–Kier alpha value is -3.78. The number of amides is 1. The fourth-order valence-corrected chi connectivity index (χ4v) is 4.37. The van der Waals surface area contributed by atoms with Crippen LogP contribution < -0.4 is 15.8 Å². The first-order valence-electron chi connectivity index (χ1n) is 11.1. The highest BCUT2D eigenvalue weighted by Crippen LogP contribution is 2.34. The zero-order chi connectivity index (χ0) is 29.0. The van der Waals surface area contributed by atoms with Crippen LogP contribution in [0.4, 0.5) is 32.0 Å². The smallest absolute Gasteiger partial charge is 0.416 e. The predicted molar refractivity (Wildman–Crippen MR) is 129 cm³/mol. The van der Waals surface area contributed by atoms with Crippen LogP contribution in [-0.2, 0) is 40.4 Å². The summed E-state index contributed by atoms with van der Waals surface area (Å²) in [4.78, 5) is 12.5. The quantitative estimate of drug-likeness (QED) is 0.175. The number of carbonyl (C=O) groups is 1. The van der Waals surface area contributed by atoms with Crippen LogP contribution in [-0.4, -0.2) is 18.9 Å². The molecule has 3 rings (SSSR count). The molecule has 1 unspecified atom stereocenters. The topological polar surface area (TPSA) is 119 Å². The first-order chi connectivity index (χ1) is 18.0. The number of nitrogen functional groups attached to an aromatic ring is 1. The van der Waals surface area contributed by atoms with Gasteiger partial charge < -0.3 is 15.8 Å². The van der Waals surface area contributed by atoms with Gasteiger partial charge in [0.15, 0.2) is 0 Å². The number of nitrogens with one attached hydrogen (secondary N) is 1. The molecule has 1 atom stereocenters. The van der Waals surface area contributed by atoms with Gasteiger partial charge in [0.1, 0.15) is 17.6 Å². The van der Waals surface area contributed by atoms with Crippen molar-refractivity contribution in [1.82, 2.24) is 5.32 Å². The first-order valence-corrected chi connectivity index (χ1v) is 12.6. The van der Waals surface area contributed by atoms with Crippen LogP contribution in [0.25, 0.3) is 0 Å². The summed E-state index contributed by atoms with van der Waals surface area (Å²) in [6.07, 6.45) is -9.99. The van der Waals surface area contributed by atoms with Crippen LogP contribution in [0, 0.1) is 0 Å². The fraction of sp³-hybridized carbons (Fsp3) is 0.240. The van der Waals surface area contributed by atoms with E-state index in [2.05, 4.69) is 5.32 Å². The van der Waals surface area contributed by atoms with Crippen molar-refractivity contribution in [2.24, 2.45) is 0 Å². The van der Waals surface area contributed by atoms with Gasteiger partial charge in [0, 0.05) is 24.2 Å². The molecule has 7 nitrogen and oxygen atoms in total. The minimum Gasteiger partial charge on any atom is -0.489 e. The number of rotatable bonds is 9. The van der Waals surface area contributed by atoms with Gasteiger partial charge in [0.05, 0.1) is 11.1 Å².